The standard InChI is InChI=1S/C20H26N2O3/c23-18(25-6-5-22-19(24)17-1-3-21-4-2-17)13-20-10-14-7-15(11-20)9-16(8-14)12-20/h1-4,14-16H,5-13H2,(H,22,24). The number of carbonyl (C=O) groups is 2. The van der Waals surface area contributed by atoms with Crippen molar-refractivity contribution in [3.8, 4) is 0 Å². The number of carbonyl (C=O) groups excluding carboxylic acids is 2. The predicted molar refractivity (Wildman–Crippen MR) is 92.8 cm³/mol. The van der Waals surface area contributed by atoms with Crippen LogP contribution in [-0.4, -0.2) is 30.0 Å². The smallest absolute Gasteiger partial charge is 0.306 e. The molecule has 4 saturated carbocycles. The van der Waals surface area contributed by atoms with Gasteiger partial charge in [0.25, 0.3) is 5.91 Å². The molecule has 5 heteroatoms. The third-order valence-corrected chi connectivity index (χ3v) is 6.28. The molecule has 1 N–H and O–H groups in total. The summed E-state index contributed by atoms with van der Waals surface area (Å²) in [6.07, 6.45) is 11.5. The Morgan fingerprint density at radius 3 is 2.28 bits per heavy atom. The number of ether oxygens (including phenoxy) is 1. The third kappa shape index (κ3) is 3.70. The molecule has 1 aromatic heterocycles. The minimum Gasteiger partial charge on any atom is -0.464 e. The van der Waals surface area contributed by atoms with Crippen LogP contribution in [0, 0.1) is 23.2 Å². The van der Waals surface area contributed by atoms with Gasteiger partial charge in [0.15, 0.2) is 0 Å². The molecule has 0 saturated heterocycles. The molecule has 4 aliphatic carbocycles. The number of rotatable bonds is 6. The van der Waals surface area contributed by atoms with E-state index in [-0.39, 0.29) is 23.9 Å². The van der Waals surface area contributed by atoms with Gasteiger partial charge in [0.1, 0.15) is 6.61 Å². The minimum absolute atomic E-state index is 0.0971. The van der Waals surface area contributed by atoms with Gasteiger partial charge in [0.05, 0.1) is 13.0 Å². The van der Waals surface area contributed by atoms with Crippen LogP contribution in [0.4, 0.5) is 0 Å². The Hall–Kier alpha value is -1.91. The Kier molecular flexibility index (Phi) is 4.48. The molecule has 1 aromatic rings. The van der Waals surface area contributed by atoms with E-state index in [2.05, 4.69) is 10.3 Å². The van der Waals surface area contributed by atoms with Crippen LogP contribution in [0.25, 0.3) is 0 Å². The SMILES string of the molecule is O=C(CC12CC3CC(CC(C3)C1)C2)OCCNC(=O)c1ccncc1. The van der Waals surface area contributed by atoms with Gasteiger partial charge >= 0.3 is 5.97 Å². The number of amides is 1. The Labute approximate surface area is 148 Å². The molecule has 4 bridgehead atoms. The molecule has 0 atom stereocenters. The van der Waals surface area contributed by atoms with Gasteiger partial charge < -0.3 is 10.1 Å². The van der Waals surface area contributed by atoms with Crippen molar-refractivity contribution in [2.75, 3.05) is 13.2 Å². The van der Waals surface area contributed by atoms with Gasteiger partial charge in [-0.3, -0.25) is 14.6 Å². The number of esters is 1. The second kappa shape index (κ2) is 6.77. The molecule has 4 fully saturated rings. The van der Waals surface area contributed by atoms with Gasteiger partial charge in [0.2, 0.25) is 0 Å². The summed E-state index contributed by atoms with van der Waals surface area (Å²) >= 11 is 0. The number of nitrogens with one attached hydrogen (secondary N) is 1. The number of nitrogens with zero attached hydrogens (tertiary/aromatic N) is 1. The van der Waals surface area contributed by atoms with Crippen molar-refractivity contribution in [1.29, 1.82) is 0 Å². The lowest BCUT2D eigenvalue weighted by atomic mass is 9.49. The lowest BCUT2D eigenvalue weighted by Gasteiger charge is -2.56. The van der Waals surface area contributed by atoms with Gasteiger partial charge in [0, 0.05) is 18.0 Å². The molecule has 0 spiro atoms. The highest BCUT2D eigenvalue weighted by Gasteiger charge is 2.51. The zero-order valence-electron chi connectivity index (χ0n) is 14.6. The molecule has 0 unspecified atom stereocenters. The Balaban J connectivity index is 1.20. The molecule has 5 nitrogen and oxygen atoms in total. The van der Waals surface area contributed by atoms with Crippen LogP contribution in [-0.2, 0) is 9.53 Å². The molecule has 1 heterocycles. The van der Waals surface area contributed by atoms with Crippen LogP contribution in [0.3, 0.4) is 0 Å². The van der Waals surface area contributed by atoms with E-state index in [1.807, 2.05) is 0 Å². The van der Waals surface area contributed by atoms with Crippen molar-refractivity contribution in [1.82, 2.24) is 10.3 Å². The summed E-state index contributed by atoms with van der Waals surface area (Å²) in [5.74, 6) is 2.27. The number of hydrogen-bond donors (Lipinski definition) is 1. The number of pyridine rings is 1. The predicted octanol–water partition coefficient (Wildman–Crippen LogP) is 2.96. The van der Waals surface area contributed by atoms with Crippen molar-refractivity contribution < 1.29 is 14.3 Å². The van der Waals surface area contributed by atoms with Crippen molar-refractivity contribution in [2.24, 2.45) is 23.2 Å². The van der Waals surface area contributed by atoms with Gasteiger partial charge in [-0.25, -0.2) is 0 Å². The van der Waals surface area contributed by atoms with E-state index < -0.39 is 0 Å². The highest BCUT2D eigenvalue weighted by atomic mass is 16.5. The molecular weight excluding hydrogens is 316 g/mol. The van der Waals surface area contributed by atoms with E-state index in [0.29, 0.717) is 18.5 Å². The van der Waals surface area contributed by atoms with E-state index in [1.54, 1.807) is 24.5 Å². The topological polar surface area (TPSA) is 68.3 Å². The molecule has 4 aliphatic rings. The van der Waals surface area contributed by atoms with E-state index in [0.717, 1.165) is 17.8 Å². The number of hydrogen-bond acceptors (Lipinski definition) is 4. The fourth-order valence-electron chi connectivity index (χ4n) is 5.80. The van der Waals surface area contributed by atoms with Gasteiger partial charge in [-0.2, -0.15) is 0 Å². The van der Waals surface area contributed by atoms with E-state index in [1.165, 1.54) is 38.5 Å². The monoisotopic (exact) mass is 342 g/mol. The molecule has 1 amide bonds. The fraction of sp³-hybridized carbons (Fsp3) is 0.650. The van der Waals surface area contributed by atoms with Crippen molar-refractivity contribution in [3.05, 3.63) is 30.1 Å². The third-order valence-electron chi connectivity index (χ3n) is 6.28. The summed E-state index contributed by atoms with van der Waals surface area (Å²) < 4.78 is 5.40. The van der Waals surface area contributed by atoms with Crippen molar-refractivity contribution in [3.63, 3.8) is 0 Å². The van der Waals surface area contributed by atoms with E-state index >= 15 is 0 Å². The maximum absolute atomic E-state index is 12.3. The first-order chi connectivity index (χ1) is 12.1. The molecular formula is C20H26N2O3. The van der Waals surface area contributed by atoms with Crippen LogP contribution in [0.2, 0.25) is 0 Å². The largest absolute Gasteiger partial charge is 0.464 e. The van der Waals surface area contributed by atoms with Crippen LogP contribution in [0.5, 0.6) is 0 Å². The highest BCUT2D eigenvalue weighted by Crippen LogP contribution is 2.61. The molecule has 0 aliphatic heterocycles. The Morgan fingerprint density at radius 1 is 1.08 bits per heavy atom. The van der Waals surface area contributed by atoms with E-state index in [9.17, 15) is 9.59 Å². The molecule has 0 radical (unpaired) electrons. The Morgan fingerprint density at radius 2 is 1.68 bits per heavy atom. The van der Waals surface area contributed by atoms with E-state index in [4.69, 9.17) is 4.74 Å². The van der Waals surface area contributed by atoms with Crippen LogP contribution < -0.4 is 5.32 Å². The van der Waals surface area contributed by atoms with Gasteiger partial charge in [-0.1, -0.05) is 0 Å². The maximum Gasteiger partial charge on any atom is 0.306 e. The Bertz CT molecular complexity index is 608. The zero-order chi connectivity index (χ0) is 17.3. The fourth-order valence-corrected chi connectivity index (χ4v) is 5.80. The first-order valence-electron chi connectivity index (χ1n) is 9.46. The van der Waals surface area contributed by atoms with Crippen molar-refractivity contribution in [2.45, 2.75) is 44.9 Å². The summed E-state index contributed by atoms with van der Waals surface area (Å²) in [6, 6.07) is 3.32. The average molecular weight is 342 g/mol. The van der Waals surface area contributed by atoms with Crippen molar-refractivity contribution >= 4 is 11.9 Å². The minimum atomic E-state index is -0.167. The molecule has 134 valence electrons. The quantitative estimate of drug-likeness (QED) is 0.637. The van der Waals surface area contributed by atoms with Crippen LogP contribution in [0.15, 0.2) is 24.5 Å². The average Bonchev–Trinajstić information content (AvgIpc) is 2.57. The summed E-state index contributed by atoms with van der Waals surface area (Å²) in [5, 5.41) is 2.77. The van der Waals surface area contributed by atoms with Crippen LogP contribution in [0.1, 0.15) is 55.3 Å². The summed E-state index contributed by atoms with van der Waals surface area (Å²) in [6.45, 7) is 0.579. The summed E-state index contributed by atoms with van der Waals surface area (Å²) in [4.78, 5) is 28.1. The lowest BCUT2D eigenvalue weighted by molar-refractivity contribution is -0.151. The second-order valence-corrected chi connectivity index (χ2v) is 8.31. The number of aromatic nitrogens is 1. The normalized spacial score (nSPS) is 32.4. The second-order valence-electron chi connectivity index (χ2n) is 8.31. The first-order valence-corrected chi connectivity index (χ1v) is 9.46. The molecule has 25 heavy (non-hydrogen) atoms. The first kappa shape index (κ1) is 16.6. The zero-order valence-corrected chi connectivity index (χ0v) is 14.6. The molecule has 0 aromatic carbocycles. The van der Waals surface area contributed by atoms with Gasteiger partial charge in [-0.05, 0) is 73.8 Å². The lowest BCUT2D eigenvalue weighted by Crippen LogP contribution is -2.47. The van der Waals surface area contributed by atoms with Gasteiger partial charge in [-0.15, -0.1) is 0 Å². The van der Waals surface area contributed by atoms with Crippen LogP contribution >= 0.6 is 0 Å². The highest BCUT2D eigenvalue weighted by molar-refractivity contribution is 5.93. The summed E-state index contributed by atoms with van der Waals surface area (Å²) in [5.41, 5.74) is 0.779. The summed E-state index contributed by atoms with van der Waals surface area (Å²) in [7, 11) is 0. The molecule has 5 rings (SSSR count). The maximum atomic E-state index is 12.3.